The lowest BCUT2D eigenvalue weighted by Crippen LogP contribution is -2.36. The van der Waals surface area contributed by atoms with Gasteiger partial charge in [0, 0.05) is 36.8 Å². The molecular formula is C21H37N3O6S. The van der Waals surface area contributed by atoms with Crippen LogP contribution in [0.4, 0.5) is 4.79 Å². The van der Waals surface area contributed by atoms with E-state index < -0.39 is 0 Å². The second kappa shape index (κ2) is 15.4. The normalized spacial score (nSPS) is 22.1. The van der Waals surface area contributed by atoms with Crippen molar-refractivity contribution in [3.8, 4) is 0 Å². The molecule has 31 heavy (non-hydrogen) atoms. The molecule has 0 aromatic heterocycles. The second-order valence-electron chi connectivity index (χ2n) is 7.70. The smallest absolute Gasteiger partial charge is 0.315 e. The molecule has 0 radical (unpaired) electrons. The number of ketones is 1. The lowest BCUT2D eigenvalue weighted by Gasteiger charge is -2.16. The van der Waals surface area contributed by atoms with E-state index in [2.05, 4.69) is 16.0 Å². The van der Waals surface area contributed by atoms with Gasteiger partial charge < -0.3 is 30.2 Å². The number of rotatable bonds is 18. The highest BCUT2D eigenvalue weighted by molar-refractivity contribution is 8.00. The van der Waals surface area contributed by atoms with Crippen molar-refractivity contribution >= 4 is 29.5 Å². The Hall–Kier alpha value is -1.36. The molecule has 10 heteroatoms. The summed E-state index contributed by atoms with van der Waals surface area (Å²) in [6.45, 7) is 5.14. The molecule has 3 amide bonds. The zero-order valence-corrected chi connectivity index (χ0v) is 19.3. The Bertz CT molecular complexity index is 565. The first-order chi connectivity index (χ1) is 15.1. The fourth-order valence-corrected chi connectivity index (χ4v) is 5.07. The minimum Gasteiger partial charge on any atom is -0.379 e. The third kappa shape index (κ3) is 10.7. The average Bonchev–Trinajstić information content (AvgIpc) is 3.31. The Morgan fingerprint density at radius 3 is 2.45 bits per heavy atom. The molecule has 9 nitrogen and oxygen atoms in total. The Kier molecular flexibility index (Phi) is 12.9. The fourth-order valence-electron chi connectivity index (χ4n) is 3.53. The fraction of sp³-hybridized carbons (Fsp3) is 0.857. The summed E-state index contributed by atoms with van der Waals surface area (Å²) < 4.78 is 16.1. The molecule has 2 rings (SSSR count). The second-order valence-corrected chi connectivity index (χ2v) is 8.97. The summed E-state index contributed by atoms with van der Waals surface area (Å²) in [4.78, 5) is 34.4. The molecule has 2 fully saturated rings. The van der Waals surface area contributed by atoms with Gasteiger partial charge in [-0.15, -0.1) is 0 Å². The van der Waals surface area contributed by atoms with Crippen LogP contribution in [0.2, 0.25) is 0 Å². The van der Waals surface area contributed by atoms with Gasteiger partial charge in [-0.05, 0) is 12.8 Å². The van der Waals surface area contributed by atoms with Gasteiger partial charge >= 0.3 is 6.03 Å². The molecule has 2 aliphatic heterocycles. The quantitative estimate of drug-likeness (QED) is 0.209. The third-order valence-electron chi connectivity index (χ3n) is 5.31. The van der Waals surface area contributed by atoms with Gasteiger partial charge in [0.2, 0.25) is 5.91 Å². The van der Waals surface area contributed by atoms with Gasteiger partial charge in [0.1, 0.15) is 5.78 Å². The third-order valence-corrected chi connectivity index (χ3v) is 6.82. The standard InChI is InChI=1S/C21H37N3O6S/c1-2-16(25)7-9-28-11-13-30-14-12-29-10-8-22-19(26)6-4-3-5-18-20-17(15-31-18)23-21(27)24-20/h17-18,20H,2-15H2,1H3,(H,22,26)(H2,23,24,27)/t17-,18?,20-/m0/s1. The van der Waals surface area contributed by atoms with Crippen molar-refractivity contribution in [2.24, 2.45) is 0 Å². The number of thioether (sulfide) groups is 1. The van der Waals surface area contributed by atoms with E-state index >= 15 is 0 Å². The number of hydrogen-bond donors (Lipinski definition) is 3. The first-order valence-corrected chi connectivity index (χ1v) is 12.3. The summed E-state index contributed by atoms with van der Waals surface area (Å²) >= 11 is 1.90. The van der Waals surface area contributed by atoms with E-state index in [1.54, 1.807) is 0 Å². The molecule has 0 aliphatic carbocycles. The Morgan fingerprint density at radius 1 is 1.00 bits per heavy atom. The number of urea groups is 1. The van der Waals surface area contributed by atoms with E-state index in [1.165, 1.54) is 0 Å². The number of nitrogens with one attached hydrogen (secondary N) is 3. The largest absolute Gasteiger partial charge is 0.379 e. The van der Waals surface area contributed by atoms with Crippen LogP contribution in [0.15, 0.2) is 0 Å². The number of carbonyl (C=O) groups excluding carboxylic acids is 3. The number of amides is 3. The van der Waals surface area contributed by atoms with E-state index in [4.69, 9.17) is 14.2 Å². The topological polar surface area (TPSA) is 115 Å². The first-order valence-electron chi connectivity index (χ1n) is 11.3. The van der Waals surface area contributed by atoms with E-state index in [9.17, 15) is 14.4 Å². The van der Waals surface area contributed by atoms with Crippen LogP contribution in [-0.4, -0.2) is 87.0 Å². The van der Waals surface area contributed by atoms with Crippen LogP contribution in [0, 0.1) is 0 Å². The predicted octanol–water partition coefficient (Wildman–Crippen LogP) is 1.25. The van der Waals surface area contributed by atoms with Crippen molar-refractivity contribution in [1.82, 2.24) is 16.0 Å². The summed E-state index contributed by atoms with van der Waals surface area (Å²) in [5.74, 6) is 1.22. The number of unbranched alkanes of at least 4 members (excludes halogenated alkanes) is 1. The number of ether oxygens (including phenoxy) is 3. The number of carbonyl (C=O) groups is 3. The number of fused-ring (bicyclic) bond motifs is 1. The Morgan fingerprint density at radius 2 is 1.71 bits per heavy atom. The molecule has 0 bridgehead atoms. The van der Waals surface area contributed by atoms with Crippen molar-refractivity contribution < 1.29 is 28.6 Å². The molecule has 0 saturated carbocycles. The molecule has 1 unspecified atom stereocenters. The summed E-state index contributed by atoms with van der Waals surface area (Å²) in [6.07, 6.45) is 4.39. The highest BCUT2D eigenvalue weighted by atomic mass is 32.2. The van der Waals surface area contributed by atoms with Crippen LogP contribution in [0.1, 0.15) is 45.4 Å². The SMILES string of the molecule is CCC(=O)CCOCCOCCOCCNC(=O)CCCCC1SC[C@@H]2NC(=O)N[C@H]12. The van der Waals surface area contributed by atoms with Crippen LogP contribution in [0.25, 0.3) is 0 Å². The maximum Gasteiger partial charge on any atom is 0.315 e. The molecule has 2 aliphatic rings. The van der Waals surface area contributed by atoms with Gasteiger partial charge in [0.25, 0.3) is 0 Å². The highest BCUT2D eigenvalue weighted by Crippen LogP contribution is 2.33. The predicted molar refractivity (Wildman–Crippen MR) is 119 cm³/mol. The molecule has 3 atom stereocenters. The molecular weight excluding hydrogens is 422 g/mol. The van der Waals surface area contributed by atoms with E-state index in [0.29, 0.717) is 70.7 Å². The average molecular weight is 460 g/mol. The molecule has 178 valence electrons. The van der Waals surface area contributed by atoms with Gasteiger partial charge in [-0.1, -0.05) is 13.3 Å². The maximum absolute atomic E-state index is 11.9. The molecule has 2 saturated heterocycles. The Labute approximate surface area is 189 Å². The Balaban J connectivity index is 1.31. The van der Waals surface area contributed by atoms with Crippen molar-refractivity contribution in [1.29, 1.82) is 0 Å². The first kappa shape index (κ1) is 25.9. The zero-order valence-electron chi connectivity index (χ0n) is 18.5. The van der Waals surface area contributed by atoms with Crippen molar-refractivity contribution in [2.75, 3.05) is 51.9 Å². The summed E-state index contributed by atoms with van der Waals surface area (Å²) in [5.41, 5.74) is 0. The number of Topliss-reactive ketones (excluding diaryl/α,β-unsaturated/α-hetero) is 1. The molecule has 0 spiro atoms. The van der Waals surface area contributed by atoms with E-state index in [-0.39, 0.29) is 29.8 Å². The minimum absolute atomic E-state index is 0.0475. The van der Waals surface area contributed by atoms with Crippen LogP contribution in [-0.2, 0) is 23.8 Å². The highest BCUT2D eigenvalue weighted by Gasteiger charge is 2.42. The lowest BCUT2D eigenvalue weighted by atomic mass is 10.0. The minimum atomic E-state index is -0.0565. The van der Waals surface area contributed by atoms with Gasteiger partial charge in [-0.2, -0.15) is 11.8 Å². The monoisotopic (exact) mass is 459 g/mol. The van der Waals surface area contributed by atoms with Crippen LogP contribution < -0.4 is 16.0 Å². The summed E-state index contributed by atoms with van der Waals surface area (Å²) in [7, 11) is 0. The molecule has 2 heterocycles. The zero-order chi connectivity index (χ0) is 22.3. The number of hydrogen-bond acceptors (Lipinski definition) is 7. The van der Waals surface area contributed by atoms with Crippen LogP contribution >= 0.6 is 11.8 Å². The van der Waals surface area contributed by atoms with Gasteiger partial charge in [-0.25, -0.2) is 4.79 Å². The summed E-state index contributed by atoms with van der Waals surface area (Å²) in [6, 6.07) is 0.433. The lowest BCUT2D eigenvalue weighted by molar-refractivity contribution is -0.121. The molecule has 3 N–H and O–H groups in total. The van der Waals surface area contributed by atoms with E-state index in [1.807, 2.05) is 18.7 Å². The van der Waals surface area contributed by atoms with Gasteiger partial charge in [-0.3, -0.25) is 9.59 Å². The van der Waals surface area contributed by atoms with Crippen molar-refractivity contribution in [3.63, 3.8) is 0 Å². The van der Waals surface area contributed by atoms with Crippen LogP contribution in [0.5, 0.6) is 0 Å². The maximum atomic E-state index is 11.9. The molecule has 0 aromatic carbocycles. The summed E-state index contributed by atoms with van der Waals surface area (Å²) in [5, 5.41) is 9.25. The van der Waals surface area contributed by atoms with Gasteiger partial charge in [0.15, 0.2) is 0 Å². The van der Waals surface area contributed by atoms with Crippen molar-refractivity contribution in [2.45, 2.75) is 62.8 Å². The van der Waals surface area contributed by atoms with E-state index in [0.717, 1.165) is 25.0 Å². The van der Waals surface area contributed by atoms with Crippen molar-refractivity contribution in [3.05, 3.63) is 0 Å². The van der Waals surface area contributed by atoms with Crippen LogP contribution in [0.3, 0.4) is 0 Å². The molecule has 0 aromatic rings. The van der Waals surface area contributed by atoms with Gasteiger partial charge in [0.05, 0.1) is 51.7 Å².